The zero-order valence-electron chi connectivity index (χ0n) is 14.3. The Morgan fingerprint density at radius 1 is 1.15 bits per heavy atom. The second-order valence-electron chi connectivity index (χ2n) is 6.52. The van der Waals surface area contributed by atoms with E-state index in [4.69, 9.17) is 4.42 Å². The van der Waals surface area contributed by atoms with Crippen LogP contribution in [0.5, 0.6) is 0 Å². The Labute approximate surface area is 151 Å². The number of hydrogen-bond acceptors (Lipinski definition) is 6. The van der Waals surface area contributed by atoms with Gasteiger partial charge in [0, 0.05) is 39.0 Å². The zero-order chi connectivity index (χ0) is 18.1. The summed E-state index contributed by atoms with van der Waals surface area (Å²) in [5.74, 6) is 1.41. The molecule has 4 rings (SSSR count). The van der Waals surface area contributed by atoms with Gasteiger partial charge in [0.15, 0.2) is 5.76 Å². The van der Waals surface area contributed by atoms with Crippen LogP contribution in [0.2, 0.25) is 0 Å². The molecule has 26 heavy (non-hydrogen) atoms. The van der Waals surface area contributed by atoms with Crippen molar-refractivity contribution in [2.24, 2.45) is 0 Å². The molecule has 2 aliphatic rings. The summed E-state index contributed by atoms with van der Waals surface area (Å²) in [5.41, 5.74) is 0. The van der Waals surface area contributed by atoms with Gasteiger partial charge < -0.3 is 14.3 Å². The first kappa shape index (κ1) is 17.2. The highest BCUT2D eigenvalue weighted by Crippen LogP contribution is 2.22. The van der Waals surface area contributed by atoms with Gasteiger partial charge in [-0.15, -0.1) is 10.2 Å². The van der Waals surface area contributed by atoms with Crippen LogP contribution in [0.4, 0.5) is 0 Å². The molecule has 140 valence electrons. The molecule has 0 radical (unpaired) electrons. The van der Waals surface area contributed by atoms with Gasteiger partial charge in [0.25, 0.3) is 15.9 Å². The van der Waals surface area contributed by atoms with Crippen LogP contribution in [0, 0.1) is 0 Å². The SMILES string of the molecule is O=C(NCCc1nnc2n1CCC2)c1ccc(S(=O)(=O)N2CCCC2)o1. The summed E-state index contributed by atoms with van der Waals surface area (Å²) in [5, 5.41) is 10.8. The first-order chi connectivity index (χ1) is 12.6. The minimum Gasteiger partial charge on any atom is -0.438 e. The normalized spacial score (nSPS) is 17.5. The number of carbonyl (C=O) groups excluding carboxylic acids is 1. The molecule has 0 saturated carbocycles. The van der Waals surface area contributed by atoms with Crippen molar-refractivity contribution in [2.75, 3.05) is 19.6 Å². The van der Waals surface area contributed by atoms with Gasteiger partial charge in [0.05, 0.1) is 0 Å². The number of nitrogens with zero attached hydrogens (tertiary/aromatic N) is 4. The summed E-state index contributed by atoms with van der Waals surface area (Å²) >= 11 is 0. The molecule has 2 aliphatic heterocycles. The van der Waals surface area contributed by atoms with Gasteiger partial charge in [-0.1, -0.05) is 0 Å². The molecule has 0 atom stereocenters. The maximum atomic E-state index is 12.4. The van der Waals surface area contributed by atoms with Crippen molar-refractivity contribution in [3.63, 3.8) is 0 Å². The summed E-state index contributed by atoms with van der Waals surface area (Å²) in [6, 6.07) is 2.74. The van der Waals surface area contributed by atoms with Crippen molar-refractivity contribution >= 4 is 15.9 Å². The lowest BCUT2D eigenvalue weighted by Gasteiger charge is -2.12. The summed E-state index contributed by atoms with van der Waals surface area (Å²) in [6.45, 7) is 2.29. The van der Waals surface area contributed by atoms with Gasteiger partial charge >= 0.3 is 0 Å². The monoisotopic (exact) mass is 379 g/mol. The number of aromatic nitrogens is 3. The second kappa shape index (κ2) is 6.84. The fraction of sp³-hybridized carbons (Fsp3) is 0.562. The lowest BCUT2D eigenvalue weighted by Crippen LogP contribution is -2.28. The first-order valence-electron chi connectivity index (χ1n) is 8.85. The number of hydrogen-bond donors (Lipinski definition) is 1. The number of amides is 1. The van der Waals surface area contributed by atoms with Gasteiger partial charge in [-0.25, -0.2) is 8.42 Å². The lowest BCUT2D eigenvalue weighted by molar-refractivity contribution is 0.0920. The van der Waals surface area contributed by atoms with Crippen molar-refractivity contribution in [3.05, 3.63) is 29.5 Å². The summed E-state index contributed by atoms with van der Waals surface area (Å²) < 4.78 is 33.6. The zero-order valence-corrected chi connectivity index (χ0v) is 15.2. The number of sulfonamides is 1. The van der Waals surface area contributed by atoms with E-state index in [2.05, 4.69) is 20.1 Å². The van der Waals surface area contributed by atoms with Crippen LogP contribution < -0.4 is 5.32 Å². The number of carbonyl (C=O) groups is 1. The van der Waals surface area contributed by atoms with Crippen LogP contribution in [0.25, 0.3) is 0 Å². The largest absolute Gasteiger partial charge is 0.438 e. The molecule has 9 nitrogen and oxygen atoms in total. The van der Waals surface area contributed by atoms with E-state index in [0.717, 1.165) is 43.9 Å². The van der Waals surface area contributed by atoms with Gasteiger partial charge in [0.1, 0.15) is 11.6 Å². The molecule has 4 heterocycles. The third-order valence-corrected chi connectivity index (χ3v) is 6.56. The maximum absolute atomic E-state index is 12.4. The van der Waals surface area contributed by atoms with Crippen molar-refractivity contribution < 1.29 is 17.6 Å². The molecule has 2 aromatic heterocycles. The average Bonchev–Trinajstić information content (AvgIpc) is 3.38. The Balaban J connectivity index is 1.36. The van der Waals surface area contributed by atoms with Crippen molar-refractivity contribution in [1.82, 2.24) is 24.4 Å². The van der Waals surface area contributed by atoms with E-state index in [1.54, 1.807) is 0 Å². The molecule has 0 spiro atoms. The Morgan fingerprint density at radius 3 is 2.77 bits per heavy atom. The summed E-state index contributed by atoms with van der Waals surface area (Å²) in [4.78, 5) is 12.2. The molecule has 0 bridgehead atoms. The maximum Gasteiger partial charge on any atom is 0.287 e. The van der Waals surface area contributed by atoms with Crippen molar-refractivity contribution in [3.8, 4) is 0 Å². The Kier molecular flexibility index (Phi) is 4.53. The molecule has 1 saturated heterocycles. The van der Waals surface area contributed by atoms with Crippen LogP contribution in [0.3, 0.4) is 0 Å². The smallest absolute Gasteiger partial charge is 0.287 e. The molecule has 1 amide bonds. The number of aryl methyl sites for hydroxylation is 1. The summed E-state index contributed by atoms with van der Waals surface area (Å²) in [7, 11) is -3.65. The topological polar surface area (TPSA) is 110 Å². The molecule has 10 heteroatoms. The highest BCUT2D eigenvalue weighted by atomic mass is 32.2. The highest BCUT2D eigenvalue weighted by molar-refractivity contribution is 7.89. The van der Waals surface area contributed by atoms with Crippen LogP contribution in [-0.4, -0.2) is 53.0 Å². The fourth-order valence-electron chi connectivity index (χ4n) is 3.41. The molecular weight excluding hydrogens is 358 g/mol. The Morgan fingerprint density at radius 2 is 1.96 bits per heavy atom. The van der Waals surface area contributed by atoms with Crippen molar-refractivity contribution in [1.29, 1.82) is 0 Å². The minimum absolute atomic E-state index is 0.00533. The van der Waals surface area contributed by atoms with Gasteiger partial charge in [-0.2, -0.15) is 4.31 Å². The predicted molar refractivity (Wildman–Crippen MR) is 91.1 cm³/mol. The van der Waals surface area contributed by atoms with E-state index in [0.29, 0.717) is 26.1 Å². The van der Waals surface area contributed by atoms with E-state index in [1.807, 2.05) is 0 Å². The second-order valence-corrected chi connectivity index (χ2v) is 8.39. The van der Waals surface area contributed by atoms with Gasteiger partial charge in [-0.05, 0) is 31.4 Å². The minimum atomic E-state index is -3.65. The number of fused-ring (bicyclic) bond motifs is 1. The quantitative estimate of drug-likeness (QED) is 0.786. The fourth-order valence-corrected chi connectivity index (χ4v) is 4.84. The van der Waals surface area contributed by atoms with Crippen LogP contribution in [0.1, 0.15) is 41.5 Å². The Hall–Kier alpha value is -2.20. The third-order valence-electron chi connectivity index (χ3n) is 4.78. The first-order valence-corrected chi connectivity index (χ1v) is 10.3. The summed E-state index contributed by atoms with van der Waals surface area (Å²) in [6.07, 6.45) is 4.28. The van der Waals surface area contributed by atoms with Crippen molar-refractivity contribution in [2.45, 2.75) is 43.7 Å². The number of nitrogens with one attached hydrogen (secondary N) is 1. The van der Waals surface area contributed by atoms with E-state index in [1.165, 1.54) is 16.4 Å². The molecule has 0 aliphatic carbocycles. The standard InChI is InChI=1S/C16H21N5O4S/c22-16(17-8-7-14-19-18-13-4-3-11-21(13)14)12-5-6-15(25-12)26(23,24)20-9-1-2-10-20/h5-6H,1-4,7-11H2,(H,17,22). The van der Waals surface area contributed by atoms with E-state index >= 15 is 0 Å². The van der Waals surface area contributed by atoms with Gasteiger partial charge in [0.2, 0.25) is 5.09 Å². The van der Waals surface area contributed by atoms with Crippen LogP contribution in [-0.2, 0) is 29.4 Å². The highest BCUT2D eigenvalue weighted by Gasteiger charge is 2.30. The molecule has 0 unspecified atom stereocenters. The van der Waals surface area contributed by atoms with Gasteiger partial charge in [-0.3, -0.25) is 4.79 Å². The third kappa shape index (κ3) is 3.14. The molecule has 2 aromatic rings. The number of furan rings is 1. The van der Waals surface area contributed by atoms with Crippen LogP contribution in [0.15, 0.2) is 21.6 Å². The molecular formula is C16H21N5O4S. The predicted octanol–water partition coefficient (Wildman–Crippen LogP) is 0.574. The molecule has 1 fully saturated rings. The average molecular weight is 379 g/mol. The number of rotatable bonds is 6. The molecule has 0 aromatic carbocycles. The lowest BCUT2D eigenvalue weighted by atomic mass is 10.3. The Bertz CT molecular complexity index is 911. The van der Waals surface area contributed by atoms with Crippen LogP contribution >= 0.6 is 0 Å². The van der Waals surface area contributed by atoms with E-state index in [9.17, 15) is 13.2 Å². The van der Waals surface area contributed by atoms with E-state index < -0.39 is 15.9 Å². The van der Waals surface area contributed by atoms with E-state index in [-0.39, 0.29) is 10.9 Å². The molecule has 1 N–H and O–H groups in total.